The van der Waals surface area contributed by atoms with E-state index in [2.05, 4.69) is 53.1 Å². The minimum Gasteiger partial charge on any atom is -0.356 e. The Morgan fingerprint density at radius 1 is 1.26 bits per heavy atom. The predicted octanol–water partition coefficient (Wildman–Crippen LogP) is 3.62. The molecule has 0 aliphatic heterocycles. The normalized spacial score (nSPS) is 12.3. The molecule has 148 valence electrons. The summed E-state index contributed by atoms with van der Waals surface area (Å²) in [7, 11) is 0. The molecule has 6 nitrogen and oxygen atoms in total. The third kappa shape index (κ3) is 8.22. The number of guanidine groups is 1. The first-order chi connectivity index (χ1) is 12.9. The van der Waals surface area contributed by atoms with E-state index >= 15 is 0 Å². The van der Waals surface area contributed by atoms with E-state index in [9.17, 15) is 0 Å². The largest absolute Gasteiger partial charge is 0.356 e. The van der Waals surface area contributed by atoms with Gasteiger partial charge in [0.2, 0.25) is 0 Å². The van der Waals surface area contributed by atoms with Gasteiger partial charge in [0.25, 0.3) is 0 Å². The number of nitrogens with zero attached hydrogens (tertiary/aromatic N) is 4. The van der Waals surface area contributed by atoms with E-state index in [1.54, 1.807) is 18.1 Å². The highest BCUT2D eigenvalue weighted by Gasteiger charge is 2.12. The standard InChI is InChI=1S/C19H29ClN6S/c1-5-17-25-23-14-26(17)12-10-21-18(24-19(2,3)4)22-11-13-27-16-8-6-15(20)7-9-16/h6-9,14H,5,10-13H2,1-4H3,(H2,21,22,24). The van der Waals surface area contributed by atoms with Crippen LogP contribution < -0.4 is 10.6 Å². The van der Waals surface area contributed by atoms with E-state index in [-0.39, 0.29) is 5.54 Å². The van der Waals surface area contributed by atoms with Crippen molar-refractivity contribution in [3.05, 3.63) is 41.4 Å². The molecule has 0 saturated heterocycles. The van der Waals surface area contributed by atoms with Crippen LogP contribution in [0.15, 0.2) is 40.5 Å². The first kappa shape index (κ1) is 21.6. The molecule has 0 radical (unpaired) electrons. The number of aliphatic imine (C=N–C) groups is 1. The molecule has 0 amide bonds. The molecule has 2 aromatic rings. The molecule has 27 heavy (non-hydrogen) atoms. The average molecular weight is 409 g/mol. The monoisotopic (exact) mass is 408 g/mol. The number of aromatic nitrogens is 3. The number of thioether (sulfide) groups is 1. The molecule has 0 saturated carbocycles. The SMILES string of the molecule is CCc1nncn1CCN=C(NCCSc1ccc(Cl)cc1)NC(C)(C)C. The molecule has 0 aliphatic rings. The molecule has 0 fully saturated rings. The Kier molecular flexibility index (Phi) is 8.44. The van der Waals surface area contributed by atoms with Crippen LogP contribution in [0.4, 0.5) is 0 Å². The summed E-state index contributed by atoms with van der Waals surface area (Å²) in [5, 5.41) is 15.7. The molecule has 1 aromatic heterocycles. The van der Waals surface area contributed by atoms with Crippen LogP contribution in [0.2, 0.25) is 5.02 Å². The average Bonchev–Trinajstić information content (AvgIpc) is 3.06. The molecule has 0 atom stereocenters. The van der Waals surface area contributed by atoms with E-state index < -0.39 is 0 Å². The van der Waals surface area contributed by atoms with Crippen molar-refractivity contribution in [3.63, 3.8) is 0 Å². The van der Waals surface area contributed by atoms with Crippen LogP contribution in [0, 0.1) is 0 Å². The summed E-state index contributed by atoms with van der Waals surface area (Å²) < 4.78 is 2.05. The molecule has 0 bridgehead atoms. The maximum Gasteiger partial charge on any atom is 0.191 e. The lowest BCUT2D eigenvalue weighted by Crippen LogP contribution is -2.48. The van der Waals surface area contributed by atoms with Crippen LogP contribution in [0.3, 0.4) is 0 Å². The zero-order valence-corrected chi connectivity index (χ0v) is 18.1. The van der Waals surface area contributed by atoms with Gasteiger partial charge in [0.1, 0.15) is 12.2 Å². The Morgan fingerprint density at radius 3 is 2.67 bits per heavy atom. The molecule has 0 unspecified atom stereocenters. The fraction of sp³-hybridized carbons (Fsp3) is 0.526. The van der Waals surface area contributed by atoms with Crippen LogP contribution in [-0.2, 0) is 13.0 Å². The Balaban J connectivity index is 1.84. The fourth-order valence-corrected chi connectivity index (χ4v) is 3.27. The minimum absolute atomic E-state index is 0.0553. The second-order valence-corrected chi connectivity index (χ2v) is 8.73. The van der Waals surface area contributed by atoms with E-state index in [1.165, 1.54) is 4.90 Å². The van der Waals surface area contributed by atoms with Crippen molar-refractivity contribution in [3.8, 4) is 0 Å². The van der Waals surface area contributed by atoms with Gasteiger partial charge >= 0.3 is 0 Å². The van der Waals surface area contributed by atoms with Gasteiger partial charge in [-0.15, -0.1) is 22.0 Å². The van der Waals surface area contributed by atoms with Gasteiger partial charge in [0.05, 0.1) is 6.54 Å². The van der Waals surface area contributed by atoms with Crippen LogP contribution in [0.1, 0.15) is 33.5 Å². The fourth-order valence-electron chi connectivity index (χ4n) is 2.37. The minimum atomic E-state index is -0.0553. The van der Waals surface area contributed by atoms with E-state index in [1.807, 2.05) is 24.3 Å². The summed E-state index contributed by atoms with van der Waals surface area (Å²) in [5.41, 5.74) is -0.0553. The molecule has 0 aliphatic carbocycles. The third-order valence-corrected chi connectivity index (χ3v) is 4.86. The van der Waals surface area contributed by atoms with Gasteiger partial charge in [-0.3, -0.25) is 4.99 Å². The zero-order chi connectivity index (χ0) is 19.7. The van der Waals surface area contributed by atoms with Crippen LogP contribution in [-0.4, -0.2) is 45.1 Å². The summed E-state index contributed by atoms with van der Waals surface area (Å²) in [6.07, 6.45) is 2.64. The molecule has 2 rings (SSSR count). The van der Waals surface area contributed by atoms with Crippen LogP contribution in [0.25, 0.3) is 0 Å². The first-order valence-electron chi connectivity index (χ1n) is 9.19. The van der Waals surface area contributed by atoms with Gasteiger partial charge in [0, 0.05) is 40.7 Å². The van der Waals surface area contributed by atoms with Crippen molar-refractivity contribution in [2.45, 2.75) is 51.1 Å². The zero-order valence-electron chi connectivity index (χ0n) is 16.5. The molecular formula is C19H29ClN6S. The number of hydrogen-bond donors (Lipinski definition) is 2. The van der Waals surface area contributed by atoms with E-state index in [0.717, 1.165) is 42.1 Å². The van der Waals surface area contributed by atoms with Crippen molar-refractivity contribution >= 4 is 29.3 Å². The lowest BCUT2D eigenvalue weighted by molar-refractivity contribution is 0.501. The molecular weight excluding hydrogens is 380 g/mol. The number of benzene rings is 1. The van der Waals surface area contributed by atoms with Crippen molar-refractivity contribution in [2.24, 2.45) is 4.99 Å². The molecule has 1 heterocycles. The Morgan fingerprint density at radius 2 is 2.00 bits per heavy atom. The van der Waals surface area contributed by atoms with Gasteiger partial charge in [-0.1, -0.05) is 18.5 Å². The predicted molar refractivity (Wildman–Crippen MR) is 115 cm³/mol. The maximum absolute atomic E-state index is 5.93. The number of aryl methyl sites for hydroxylation is 1. The van der Waals surface area contributed by atoms with Gasteiger partial charge in [-0.25, -0.2) is 0 Å². The Bertz CT molecular complexity index is 721. The molecule has 0 spiro atoms. The lowest BCUT2D eigenvalue weighted by Gasteiger charge is -2.24. The highest BCUT2D eigenvalue weighted by atomic mass is 35.5. The number of rotatable bonds is 8. The van der Waals surface area contributed by atoms with Gasteiger partial charge in [-0.2, -0.15) is 0 Å². The summed E-state index contributed by atoms with van der Waals surface area (Å²) in [6, 6.07) is 7.92. The Labute approximate surface area is 171 Å². The molecule has 2 N–H and O–H groups in total. The number of hydrogen-bond acceptors (Lipinski definition) is 4. The highest BCUT2D eigenvalue weighted by molar-refractivity contribution is 7.99. The van der Waals surface area contributed by atoms with Crippen molar-refractivity contribution < 1.29 is 0 Å². The lowest BCUT2D eigenvalue weighted by atomic mass is 10.1. The topological polar surface area (TPSA) is 67.1 Å². The summed E-state index contributed by atoms with van der Waals surface area (Å²) in [6.45, 7) is 10.7. The highest BCUT2D eigenvalue weighted by Crippen LogP contribution is 2.19. The smallest absolute Gasteiger partial charge is 0.191 e. The van der Waals surface area contributed by atoms with Crippen molar-refractivity contribution in [1.82, 2.24) is 25.4 Å². The van der Waals surface area contributed by atoms with Crippen molar-refractivity contribution in [1.29, 1.82) is 0 Å². The summed E-state index contributed by atoms with van der Waals surface area (Å²) in [4.78, 5) is 5.92. The quantitative estimate of drug-likeness (QED) is 0.302. The van der Waals surface area contributed by atoms with E-state index in [4.69, 9.17) is 16.6 Å². The van der Waals surface area contributed by atoms with Crippen molar-refractivity contribution in [2.75, 3.05) is 18.8 Å². The summed E-state index contributed by atoms with van der Waals surface area (Å²) >= 11 is 7.72. The maximum atomic E-state index is 5.93. The molecule has 1 aromatic carbocycles. The number of halogens is 1. The van der Waals surface area contributed by atoms with Crippen LogP contribution >= 0.6 is 23.4 Å². The second kappa shape index (κ2) is 10.6. The van der Waals surface area contributed by atoms with Gasteiger partial charge < -0.3 is 15.2 Å². The number of nitrogens with one attached hydrogen (secondary N) is 2. The summed E-state index contributed by atoms with van der Waals surface area (Å²) in [5.74, 6) is 2.76. The van der Waals surface area contributed by atoms with Gasteiger partial charge in [0.15, 0.2) is 5.96 Å². The van der Waals surface area contributed by atoms with Gasteiger partial charge in [-0.05, 0) is 45.0 Å². The Hall–Kier alpha value is -1.73. The third-order valence-electron chi connectivity index (χ3n) is 3.59. The van der Waals surface area contributed by atoms with E-state index in [0.29, 0.717) is 6.54 Å². The molecule has 8 heteroatoms. The van der Waals surface area contributed by atoms with Crippen LogP contribution in [0.5, 0.6) is 0 Å². The second-order valence-electron chi connectivity index (χ2n) is 7.13. The first-order valence-corrected chi connectivity index (χ1v) is 10.6.